The van der Waals surface area contributed by atoms with E-state index in [9.17, 15) is 22.8 Å². The lowest BCUT2D eigenvalue weighted by Crippen LogP contribution is -2.49. The predicted octanol–water partition coefficient (Wildman–Crippen LogP) is 0.461. The largest absolute Gasteiger partial charge is 0.465 e. The van der Waals surface area contributed by atoms with E-state index in [0.717, 1.165) is 6.92 Å². The molecular formula is C17H25N3O7S. The number of aromatic nitrogens is 1. The molecular weight excluding hydrogens is 390 g/mol. The number of sulfonamides is 1. The van der Waals surface area contributed by atoms with Gasteiger partial charge in [0.2, 0.25) is 10.0 Å². The molecule has 0 unspecified atom stereocenters. The monoisotopic (exact) mass is 415 g/mol. The second kappa shape index (κ2) is 10.0. The Morgan fingerprint density at radius 1 is 1.18 bits per heavy atom. The molecule has 1 rings (SSSR count). The highest BCUT2D eigenvalue weighted by atomic mass is 32.2. The van der Waals surface area contributed by atoms with Crippen molar-refractivity contribution in [3.63, 3.8) is 0 Å². The fourth-order valence-electron chi connectivity index (χ4n) is 2.13. The zero-order valence-electron chi connectivity index (χ0n) is 16.2. The first-order valence-electron chi connectivity index (χ1n) is 8.43. The Morgan fingerprint density at radius 3 is 2.39 bits per heavy atom. The van der Waals surface area contributed by atoms with Gasteiger partial charge in [0.05, 0.1) is 5.75 Å². The molecule has 0 saturated carbocycles. The Hall–Kier alpha value is -2.69. The van der Waals surface area contributed by atoms with Crippen LogP contribution in [0.25, 0.3) is 0 Å². The zero-order chi connectivity index (χ0) is 21.4. The summed E-state index contributed by atoms with van der Waals surface area (Å²) >= 11 is 0. The van der Waals surface area contributed by atoms with Crippen LogP contribution in [0.2, 0.25) is 0 Å². The average molecular weight is 415 g/mol. The smallest absolute Gasteiger partial charge is 0.303 e. The molecule has 0 fully saturated rings. The number of anilines is 1. The van der Waals surface area contributed by atoms with E-state index in [2.05, 4.69) is 15.0 Å². The molecule has 1 heterocycles. The van der Waals surface area contributed by atoms with Gasteiger partial charge in [0.1, 0.15) is 12.4 Å². The van der Waals surface area contributed by atoms with E-state index in [1.807, 2.05) is 0 Å². The van der Waals surface area contributed by atoms with Crippen molar-refractivity contribution in [2.24, 2.45) is 5.41 Å². The van der Waals surface area contributed by atoms with Gasteiger partial charge in [-0.1, -0.05) is 19.9 Å². The summed E-state index contributed by atoms with van der Waals surface area (Å²) in [6, 6.07) is 4.76. The van der Waals surface area contributed by atoms with E-state index >= 15 is 0 Å². The first kappa shape index (κ1) is 23.3. The van der Waals surface area contributed by atoms with Crippen molar-refractivity contribution < 1.29 is 32.3 Å². The Kier molecular flexibility index (Phi) is 8.35. The maximum atomic E-state index is 12.5. The lowest BCUT2D eigenvalue weighted by molar-refractivity contribution is -0.166. The Morgan fingerprint density at radius 2 is 1.86 bits per heavy atom. The van der Waals surface area contributed by atoms with Crippen molar-refractivity contribution in [3.8, 4) is 0 Å². The van der Waals surface area contributed by atoms with Crippen LogP contribution in [0.4, 0.5) is 5.82 Å². The molecule has 0 aromatic carbocycles. The predicted molar refractivity (Wildman–Crippen MR) is 101 cm³/mol. The van der Waals surface area contributed by atoms with E-state index in [1.54, 1.807) is 26.0 Å². The van der Waals surface area contributed by atoms with Crippen molar-refractivity contribution in [1.82, 2.24) is 10.3 Å². The number of rotatable bonds is 10. The molecule has 10 nitrogen and oxygen atoms in total. The Balaban J connectivity index is 2.69. The van der Waals surface area contributed by atoms with Crippen molar-refractivity contribution in [2.45, 2.75) is 33.8 Å². The summed E-state index contributed by atoms with van der Waals surface area (Å²) in [5.41, 5.74) is -1.02. The normalized spacial score (nSPS) is 12.6. The highest BCUT2D eigenvalue weighted by molar-refractivity contribution is 7.92. The van der Waals surface area contributed by atoms with E-state index in [4.69, 9.17) is 9.47 Å². The molecule has 2 N–H and O–H groups in total. The second-order valence-corrected chi connectivity index (χ2v) is 8.53. The van der Waals surface area contributed by atoms with Gasteiger partial charge in [0.15, 0.2) is 6.10 Å². The van der Waals surface area contributed by atoms with E-state index in [-0.39, 0.29) is 19.0 Å². The molecule has 0 aliphatic rings. The van der Waals surface area contributed by atoms with Gasteiger partial charge >= 0.3 is 11.9 Å². The number of esters is 2. The second-order valence-electron chi connectivity index (χ2n) is 6.69. The molecule has 0 aliphatic carbocycles. The van der Waals surface area contributed by atoms with Gasteiger partial charge in [0.25, 0.3) is 5.91 Å². The molecule has 0 bridgehead atoms. The third-order valence-electron chi connectivity index (χ3n) is 3.47. The lowest BCUT2D eigenvalue weighted by atomic mass is 9.86. The van der Waals surface area contributed by atoms with E-state index < -0.39 is 45.1 Å². The van der Waals surface area contributed by atoms with E-state index in [0.29, 0.717) is 0 Å². The van der Waals surface area contributed by atoms with Crippen LogP contribution in [0.3, 0.4) is 0 Å². The lowest BCUT2D eigenvalue weighted by Gasteiger charge is -2.31. The van der Waals surface area contributed by atoms with E-state index in [1.165, 1.54) is 19.2 Å². The third kappa shape index (κ3) is 8.33. The standard InChI is InChI=1S/C17H25N3O7S/c1-12(21)26-11-17(3,4)15(27-13(2)22)16(23)19-9-10-28(24,25)20-14-7-5-6-8-18-14/h5-8,15H,9-11H2,1-4H3,(H,18,20)(H,19,23)/t15-/m1/s1. The number of ether oxygens (including phenoxy) is 2. The van der Waals surface area contributed by atoms with Crippen LogP contribution >= 0.6 is 0 Å². The van der Waals surface area contributed by atoms with Gasteiger partial charge in [-0.3, -0.25) is 19.1 Å². The van der Waals surface area contributed by atoms with Gasteiger partial charge < -0.3 is 14.8 Å². The molecule has 156 valence electrons. The van der Waals surface area contributed by atoms with Crippen LogP contribution < -0.4 is 10.0 Å². The summed E-state index contributed by atoms with van der Waals surface area (Å²) in [6.07, 6.45) is 0.171. The average Bonchev–Trinajstić information content (AvgIpc) is 2.58. The number of nitrogens with one attached hydrogen (secondary N) is 2. The van der Waals surface area contributed by atoms with Gasteiger partial charge in [-0.05, 0) is 12.1 Å². The number of hydrogen-bond acceptors (Lipinski definition) is 8. The quantitative estimate of drug-likeness (QED) is 0.525. The van der Waals surface area contributed by atoms with Crippen LogP contribution in [0.5, 0.6) is 0 Å². The minimum Gasteiger partial charge on any atom is -0.465 e. The molecule has 1 aromatic heterocycles. The van der Waals surface area contributed by atoms with Crippen LogP contribution in [-0.2, 0) is 33.9 Å². The first-order valence-corrected chi connectivity index (χ1v) is 10.1. The van der Waals surface area contributed by atoms with Crippen molar-refractivity contribution >= 4 is 33.7 Å². The van der Waals surface area contributed by atoms with Crippen molar-refractivity contribution in [2.75, 3.05) is 23.6 Å². The SMILES string of the molecule is CC(=O)OCC(C)(C)[C@H](OC(C)=O)C(=O)NCCS(=O)(=O)Nc1ccccn1. The minimum atomic E-state index is -3.74. The molecule has 0 saturated heterocycles. The number of amides is 1. The summed E-state index contributed by atoms with van der Waals surface area (Å²) < 4.78 is 36.4. The van der Waals surface area contributed by atoms with Crippen LogP contribution in [-0.4, -0.2) is 56.3 Å². The van der Waals surface area contributed by atoms with Crippen LogP contribution in [0.1, 0.15) is 27.7 Å². The third-order valence-corrected chi connectivity index (χ3v) is 4.74. The highest BCUT2D eigenvalue weighted by Crippen LogP contribution is 2.24. The van der Waals surface area contributed by atoms with Crippen molar-refractivity contribution in [1.29, 1.82) is 0 Å². The van der Waals surface area contributed by atoms with Crippen molar-refractivity contribution in [3.05, 3.63) is 24.4 Å². The first-order chi connectivity index (χ1) is 12.9. The maximum absolute atomic E-state index is 12.5. The molecule has 1 amide bonds. The molecule has 28 heavy (non-hydrogen) atoms. The molecule has 1 atom stereocenters. The molecule has 0 aliphatic heterocycles. The van der Waals surface area contributed by atoms with Gasteiger partial charge in [-0.25, -0.2) is 13.4 Å². The topological polar surface area (TPSA) is 141 Å². The Bertz CT molecular complexity index is 794. The number of hydrogen-bond donors (Lipinski definition) is 2. The number of nitrogens with zero attached hydrogens (tertiary/aromatic N) is 1. The van der Waals surface area contributed by atoms with Gasteiger partial charge in [-0.2, -0.15) is 0 Å². The fraction of sp³-hybridized carbons (Fsp3) is 0.529. The summed E-state index contributed by atoms with van der Waals surface area (Å²) in [7, 11) is -3.74. The van der Waals surface area contributed by atoms with Crippen LogP contribution in [0.15, 0.2) is 24.4 Å². The Labute approximate surface area is 164 Å². The summed E-state index contributed by atoms with van der Waals surface area (Å²) in [5.74, 6) is -2.18. The molecule has 11 heteroatoms. The van der Waals surface area contributed by atoms with Gasteiger partial charge in [0, 0.05) is 32.0 Å². The van der Waals surface area contributed by atoms with Crippen LogP contribution in [0, 0.1) is 5.41 Å². The summed E-state index contributed by atoms with van der Waals surface area (Å²) in [4.78, 5) is 38.7. The molecule has 0 radical (unpaired) electrons. The zero-order valence-corrected chi connectivity index (χ0v) is 17.0. The molecule has 0 spiro atoms. The fourth-order valence-corrected chi connectivity index (χ4v) is 3.04. The van der Waals surface area contributed by atoms with Gasteiger partial charge in [-0.15, -0.1) is 0 Å². The minimum absolute atomic E-state index is 0.159. The number of carbonyl (C=O) groups is 3. The molecule has 1 aromatic rings. The summed E-state index contributed by atoms with van der Waals surface area (Å²) in [5, 5.41) is 2.43. The maximum Gasteiger partial charge on any atom is 0.303 e. The number of carbonyl (C=O) groups excluding carboxylic acids is 3. The number of pyridine rings is 1. The summed E-state index contributed by atoms with van der Waals surface area (Å²) in [6.45, 7) is 5.15. The highest BCUT2D eigenvalue weighted by Gasteiger charge is 2.39.